The molecule has 0 aliphatic carbocycles. The van der Waals surface area contributed by atoms with Crippen LogP contribution in [0.3, 0.4) is 0 Å². The number of carboxylic acid groups (broad SMARTS) is 1. The third-order valence-electron chi connectivity index (χ3n) is 2.76. The molecular formula is C14H10F2N2O3. The number of benzene rings is 1. The molecule has 2 rings (SSSR count). The number of hydrogen-bond acceptors (Lipinski definition) is 3. The lowest BCUT2D eigenvalue weighted by Crippen LogP contribution is -2.16. The SMILES string of the molecule is Cc1ccc(F)c(NC(=O)c2ccnc(C(=O)O)c2)c1F. The summed E-state index contributed by atoms with van der Waals surface area (Å²) >= 11 is 0. The van der Waals surface area contributed by atoms with Crippen LogP contribution < -0.4 is 5.32 Å². The van der Waals surface area contributed by atoms with E-state index in [0.29, 0.717) is 0 Å². The lowest BCUT2D eigenvalue weighted by molar-refractivity contribution is 0.0690. The molecule has 1 aromatic carbocycles. The summed E-state index contributed by atoms with van der Waals surface area (Å²) in [7, 11) is 0. The van der Waals surface area contributed by atoms with Crippen LogP contribution in [0.4, 0.5) is 14.5 Å². The van der Waals surface area contributed by atoms with E-state index in [9.17, 15) is 18.4 Å². The summed E-state index contributed by atoms with van der Waals surface area (Å²) in [6.07, 6.45) is 1.13. The highest BCUT2D eigenvalue weighted by molar-refractivity contribution is 6.05. The number of carboxylic acids is 1. The quantitative estimate of drug-likeness (QED) is 0.911. The number of amides is 1. The molecule has 0 bridgehead atoms. The van der Waals surface area contributed by atoms with Crippen molar-refractivity contribution >= 4 is 17.6 Å². The average molecular weight is 292 g/mol. The Balaban J connectivity index is 2.33. The van der Waals surface area contributed by atoms with Crippen molar-refractivity contribution in [2.24, 2.45) is 0 Å². The van der Waals surface area contributed by atoms with Crippen LogP contribution >= 0.6 is 0 Å². The van der Waals surface area contributed by atoms with Gasteiger partial charge in [0.2, 0.25) is 0 Å². The highest BCUT2D eigenvalue weighted by Gasteiger charge is 2.16. The summed E-state index contributed by atoms with van der Waals surface area (Å²) in [4.78, 5) is 26.3. The summed E-state index contributed by atoms with van der Waals surface area (Å²) in [5.41, 5.74) is -0.808. The summed E-state index contributed by atoms with van der Waals surface area (Å²) in [5, 5.41) is 10.9. The van der Waals surface area contributed by atoms with Crippen molar-refractivity contribution in [3.8, 4) is 0 Å². The molecule has 0 spiro atoms. The molecule has 0 aliphatic rings. The Morgan fingerprint density at radius 3 is 2.62 bits per heavy atom. The Morgan fingerprint density at radius 1 is 1.24 bits per heavy atom. The summed E-state index contributed by atoms with van der Waals surface area (Å²) < 4.78 is 27.3. The molecule has 1 aromatic heterocycles. The van der Waals surface area contributed by atoms with Gasteiger partial charge in [0.25, 0.3) is 5.91 Å². The van der Waals surface area contributed by atoms with Crippen LogP contribution in [0.25, 0.3) is 0 Å². The molecule has 1 heterocycles. The highest BCUT2D eigenvalue weighted by Crippen LogP contribution is 2.22. The molecule has 0 atom stereocenters. The Labute approximate surface area is 118 Å². The maximum Gasteiger partial charge on any atom is 0.354 e. The maximum atomic E-state index is 13.8. The number of halogens is 2. The van der Waals surface area contributed by atoms with E-state index in [-0.39, 0.29) is 16.8 Å². The van der Waals surface area contributed by atoms with Gasteiger partial charge in [0.1, 0.15) is 17.2 Å². The van der Waals surface area contributed by atoms with Gasteiger partial charge in [-0.15, -0.1) is 0 Å². The minimum Gasteiger partial charge on any atom is -0.477 e. The smallest absolute Gasteiger partial charge is 0.354 e. The predicted molar refractivity (Wildman–Crippen MR) is 70.2 cm³/mol. The number of aryl methyl sites for hydroxylation is 1. The Kier molecular flexibility index (Phi) is 3.93. The molecule has 0 saturated heterocycles. The molecule has 21 heavy (non-hydrogen) atoms. The fraction of sp³-hybridized carbons (Fsp3) is 0.0714. The van der Waals surface area contributed by atoms with Crippen molar-refractivity contribution in [3.05, 3.63) is 58.9 Å². The summed E-state index contributed by atoms with van der Waals surface area (Å²) in [6.45, 7) is 1.43. The van der Waals surface area contributed by atoms with Gasteiger partial charge in [0.15, 0.2) is 5.82 Å². The van der Waals surface area contributed by atoms with Crippen LogP contribution in [0.1, 0.15) is 26.4 Å². The standard InChI is InChI=1S/C14H10F2N2O3/c1-7-2-3-9(15)12(11(7)16)18-13(19)8-4-5-17-10(6-8)14(20)21/h2-6H,1H3,(H,18,19)(H,20,21). The van der Waals surface area contributed by atoms with E-state index in [1.807, 2.05) is 0 Å². The number of carbonyl (C=O) groups is 2. The van der Waals surface area contributed by atoms with Gasteiger partial charge in [-0.1, -0.05) is 6.07 Å². The van der Waals surface area contributed by atoms with Crippen molar-refractivity contribution in [3.63, 3.8) is 0 Å². The third kappa shape index (κ3) is 3.02. The highest BCUT2D eigenvalue weighted by atomic mass is 19.1. The number of aromatic carboxylic acids is 1. The van der Waals surface area contributed by atoms with Crippen LogP contribution in [0, 0.1) is 18.6 Å². The van der Waals surface area contributed by atoms with Crippen LogP contribution in [-0.4, -0.2) is 22.0 Å². The van der Waals surface area contributed by atoms with E-state index in [4.69, 9.17) is 5.11 Å². The first-order valence-electron chi connectivity index (χ1n) is 5.85. The second kappa shape index (κ2) is 5.66. The van der Waals surface area contributed by atoms with Crippen LogP contribution in [0.5, 0.6) is 0 Å². The molecule has 0 fully saturated rings. The average Bonchev–Trinajstić information content (AvgIpc) is 2.47. The molecule has 2 aromatic rings. The lowest BCUT2D eigenvalue weighted by Gasteiger charge is -2.09. The second-order valence-electron chi connectivity index (χ2n) is 4.24. The molecule has 1 amide bonds. The number of aromatic nitrogens is 1. The predicted octanol–water partition coefficient (Wildman–Crippen LogP) is 2.62. The van der Waals surface area contributed by atoms with E-state index in [1.165, 1.54) is 19.1 Å². The fourth-order valence-corrected chi connectivity index (χ4v) is 1.65. The molecule has 0 radical (unpaired) electrons. The number of anilines is 1. The third-order valence-corrected chi connectivity index (χ3v) is 2.76. The summed E-state index contributed by atoms with van der Waals surface area (Å²) in [6, 6.07) is 4.54. The van der Waals surface area contributed by atoms with E-state index < -0.39 is 29.2 Å². The largest absolute Gasteiger partial charge is 0.477 e. The van der Waals surface area contributed by atoms with Crippen molar-refractivity contribution in [1.29, 1.82) is 0 Å². The number of rotatable bonds is 3. The molecule has 0 saturated carbocycles. The molecule has 7 heteroatoms. The van der Waals surface area contributed by atoms with E-state index >= 15 is 0 Å². The van der Waals surface area contributed by atoms with Crippen LogP contribution in [0.15, 0.2) is 30.5 Å². The minimum absolute atomic E-state index is 0.0669. The van der Waals surface area contributed by atoms with Gasteiger partial charge in [-0.05, 0) is 30.7 Å². The number of pyridine rings is 1. The van der Waals surface area contributed by atoms with E-state index in [2.05, 4.69) is 10.3 Å². The number of nitrogens with zero attached hydrogens (tertiary/aromatic N) is 1. The number of hydrogen-bond donors (Lipinski definition) is 2. The number of nitrogens with one attached hydrogen (secondary N) is 1. The van der Waals surface area contributed by atoms with Crippen molar-refractivity contribution in [2.45, 2.75) is 6.92 Å². The lowest BCUT2D eigenvalue weighted by atomic mass is 10.1. The van der Waals surface area contributed by atoms with Gasteiger partial charge in [0.05, 0.1) is 0 Å². The van der Waals surface area contributed by atoms with Gasteiger partial charge in [-0.3, -0.25) is 4.79 Å². The zero-order chi connectivity index (χ0) is 15.6. The number of carbonyl (C=O) groups excluding carboxylic acids is 1. The van der Waals surface area contributed by atoms with Gasteiger partial charge < -0.3 is 10.4 Å². The van der Waals surface area contributed by atoms with Crippen LogP contribution in [-0.2, 0) is 0 Å². The first kappa shape index (κ1) is 14.6. The zero-order valence-corrected chi connectivity index (χ0v) is 10.9. The van der Waals surface area contributed by atoms with E-state index in [0.717, 1.165) is 18.3 Å². The molecular weight excluding hydrogens is 282 g/mol. The van der Waals surface area contributed by atoms with Gasteiger partial charge in [-0.2, -0.15) is 0 Å². The first-order valence-corrected chi connectivity index (χ1v) is 5.85. The molecule has 0 aliphatic heterocycles. The van der Waals surface area contributed by atoms with Gasteiger partial charge in [0, 0.05) is 11.8 Å². The second-order valence-corrected chi connectivity index (χ2v) is 4.24. The topological polar surface area (TPSA) is 79.3 Å². The van der Waals surface area contributed by atoms with Crippen molar-refractivity contribution in [2.75, 3.05) is 5.32 Å². The monoisotopic (exact) mass is 292 g/mol. The molecule has 5 nitrogen and oxygen atoms in total. The van der Waals surface area contributed by atoms with Crippen LogP contribution in [0.2, 0.25) is 0 Å². The van der Waals surface area contributed by atoms with Crippen molar-refractivity contribution in [1.82, 2.24) is 4.98 Å². The first-order chi connectivity index (χ1) is 9.90. The fourth-order valence-electron chi connectivity index (χ4n) is 1.65. The van der Waals surface area contributed by atoms with Gasteiger partial charge >= 0.3 is 5.97 Å². The normalized spacial score (nSPS) is 10.2. The Bertz CT molecular complexity index is 732. The summed E-state index contributed by atoms with van der Waals surface area (Å²) in [5.74, 6) is -3.93. The molecule has 108 valence electrons. The molecule has 2 N–H and O–H groups in total. The minimum atomic E-state index is -1.31. The molecule has 0 unspecified atom stereocenters. The Hall–Kier alpha value is -2.83. The maximum absolute atomic E-state index is 13.8. The van der Waals surface area contributed by atoms with Crippen molar-refractivity contribution < 1.29 is 23.5 Å². The van der Waals surface area contributed by atoms with E-state index in [1.54, 1.807) is 0 Å². The zero-order valence-electron chi connectivity index (χ0n) is 10.9. The van der Waals surface area contributed by atoms with Gasteiger partial charge in [-0.25, -0.2) is 18.6 Å². The Morgan fingerprint density at radius 2 is 1.95 bits per heavy atom.